The molecule has 6 nitrogen and oxygen atoms in total. The zero-order valence-electron chi connectivity index (χ0n) is 11.7. The number of carbonyl (C=O) groups is 2. The van der Waals surface area contributed by atoms with E-state index in [1.54, 1.807) is 25.1 Å². The van der Waals surface area contributed by atoms with E-state index in [0.29, 0.717) is 11.3 Å². The highest BCUT2D eigenvalue weighted by Crippen LogP contribution is 2.18. The Morgan fingerprint density at radius 2 is 2.15 bits per heavy atom. The van der Waals surface area contributed by atoms with E-state index in [4.69, 9.17) is 10.5 Å². The van der Waals surface area contributed by atoms with E-state index in [1.807, 2.05) is 6.92 Å². The van der Waals surface area contributed by atoms with Gasteiger partial charge in [-0.25, -0.2) is 0 Å². The molecule has 1 fully saturated rings. The Bertz CT molecular complexity index is 538. The molecule has 108 valence electrons. The SMILES string of the molecule is Cc1cc(C(N)=O)ccc1NC(=O)COC1(C)CNC1. The Balaban J connectivity index is 1.92. The van der Waals surface area contributed by atoms with Crippen LogP contribution in [0.15, 0.2) is 18.2 Å². The number of primary amides is 1. The molecule has 1 aliphatic heterocycles. The lowest BCUT2D eigenvalue weighted by molar-refractivity contribution is -0.130. The highest BCUT2D eigenvalue weighted by molar-refractivity contribution is 5.96. The number of nitrogens with one attached hydrogen (secondary N) is 2. The summed E-state index contributed by atoms with van der Waals surface area (Å²) in [6, 6.07) is 4.90. The number of ether oxygens (including phenoxy) is 1. The molecule has 1 aromatic carbocycles. The van der Waals surface area contributed by atoms with Gasteiger partial charge in [0.05, 0.1) is 5.60 Å². The molecule has 1 saturated heterocycles. The number of benzene rings is 1. The molecule has 0 saturated carbocycles. The zero-order valence-corrected chi connectivity index (χ0v) is 11.7. The van der Waals surface area contributed by atoms with Crippen molar-refractivity contribution >= 4 is 17.5 Å². The molecule has 20 heavy (non-hydrogen) atoms. The number of rotatable bonds is 5. The van der Waals surface area contributed by atoms with Gasteiger partial charge in [0, 0.05) is 24.3 Å². The van der Waals surface area contributed by atoms with E-state index < -0.39 is 5.91 Å². The van der Waals surface area contributed by atoms with Crippen LogP contribution >= 0.6 is 0 Å². The molecule has 2 amide bonds. The number of carbonyl (C=O) groups excluding carboxylic acids is 2. The van der Waals surface area contributed by atoms with E-state index in [2.05, 4.69) is 10.6 Å². The van der Waals surface area contributed by atoms with E-state index in [9.17, 15) is 9.59 Å². The van der Waals surface area contributed by atoms with Crippen molar-refractivity contribution in [1.82, 2.24) is 5.32 Å². The van der Waals surface area contributed by atoms with Gasteiger partial charge in [-0.2, -0.15) is 0 Å². The molecule has 0 aromatic heterocycles. The fraction of sp³-hybridized carbons (Fsp3) is 0.429. The van der Waals surface area contributed by atoms with Crippen molar-refractivity contribution < 1.29 is 14.3 Å². The largest absolute Gasteiger partial charge is 0.366 e. The summed E-state index contributed by atoms with van der Waals surface area (Å²) in [5.41, 5.74) is 6.81. The Hall–Kier alpha value is -1.92. The van der Waals surface area contributed by atoms with Gasteiger partial charge in [0.15, 0.2) is 0 Å². The van der Waals surface area contributed by atoms with Gasteiger partial charge < -0.3 is 21.1 Å². The van der Waals surface area contributed by atoms with Gasteiger partial charge in [0.1, 0.15) is 6.61 Å². The van der Waals surface area contributed by atoms with Crippen molar-refractivity contribution in [3.05, 3.63) is 29.3 Å². The summed E-state index contributed by atoms with van der Waals surface area (Å²) in [6.07, 6.45) is 0. The molecule has 4 N–H and O–H groups in total. The van der Waals surface area contributed by atoms with Crippen LogP contribution < -0.4 is 16.4 Å². The topological polar surface area (TPSA) is 93.5 Å². The molecule has 0 radical (unpaired) electrons. The molecule has 0 spiro atoms. The van der Waals surface area contributed by atoms with Crippen molar-refractivity contribution in [2.24, 2.45) is 5.73 Å². The minimum absolute atomic E-state index is 0.00912. The van der Waals surface area contributed by atoms with Crippen LogP contribution in [0, 0.1) is 6.92 Å². The van der Waals surface area contributed by atoms with E-state index >= 15 is 0 Å². The first-order valence-corrected chi connectivity index (χ1v) is 6.45. The van der Waals surface area contributed by atoms with Crippen molar-refractivity contribution in [1.29, 1.82) is 0 Å². The van der Waals surface area contributed by atoms with Crippen LogP contribution in [-0.4, -0.2) is 37.1 Å². The van der Waals surface area contributed by atoms with Gasteiger partial charge in [-0.1, -0.05) is 0 Å². The van der Waals surface area contributed by atoms with E-state index in [-0.39, 0.29) is 18.1 Å². The number of hydrogen-bond acceptors (Lipinski definition) is 4. The predicted molar refractivity (Wildman–Crippen MR) is 75.6 cm³/mol. The summed E-state index contributed by atoms with van der Waals surface area (Å²) in [5, 5.41) is 5.86. The lowest BCUT2D eigenvalue weighted by Gasteiger charge is -2.38. The smallest absolute Gasteiger partial charge is 0.250 e. The van der Waals surface area contributed by atoms with Crippen LogP contribution in [0.5, 0.6) is 0 Å². The van der Waals surface area contributed by atoms with Crippen LogP contribution in [0.25, 0.3) is 0 Å². The zero-order chi connectivity index (χ0) is 14.8. The van der Waals surface area contributed by atoms with Crippen LogP contribution in [0.2, 0.25) is 0 Å². The van der Waals surface area contributed by atoms with Crippen molar-refractivity contribution in [3.63, 3.8) is 0 Å². The first kappa shape index (κ1) is 14.5. The molecular weight excluding hydrogens is 258 g/mol. The molecule has 0 aliphatic carbocycles. The van der Waals surface area contributed by atoms with Crippen molar-refractivity contribution in [2.75, 3.05) is 25.0 Å². The number of anilines is 1. The molecule has 1 heterocycles. The third-order valence-corrected chi connectivity index (χ3v) is 3.33. The number of nitrogens with two attached hydrogens (primary N) is 1. The molecule has 0 unspecified atom stereocenters. The number of aryl methyl sites for hydroxylation is 1. The van der Waals surface area contributed by atoms with Gasteiger partial charge in [-0.3, -0.25) is 9.59 Å². The summed E-state index contributed by atoms with van der Waals surface area (Å²) in [6.45, 7) is 5.29. The monoisotopic (exact) mass is 277 g/mol. The molecular formula is C14H19N3O3. The predicted octanol–water partition coefficient (Wildman–Crippen LogP) is 0.411. The number of hydrogen-bond donors (Lipinski definition) is 3. The minimum atomic E-state index is -0.486. The van der Waals surface area contributed by atoms with Gasteiger partial charge in [0.25, 0.3) is 0 Å². The maximum Gasteiger partial charge on any atom is 0.250 e. The summed E-state index contributed by atoms with van der Waals surface area (Å²) in [5.74, 6) is -0.701. The van der Waals surface area contributed by atoms with Crippen molar-refractivity contribution in [3.8, 4) is 0 Å². The van der Waals surface area contributed by atoms with E-state index in [1.165, 1.54) is 0 Å². The van der Waals surface area contributed by atoms with Crippen LogP contribution in [0.3, 0.4) is 0 Å². The van der Waals surface area contributed by atoms with Crippen LogP contribution in [0.1, 0.15) is 22.8 Å². The van der Waals surface area contributed by atoms with Gasteiger partial charge in [-0.15, -0.1) is 0 Å². The second-order valence-corrected chi connectivity index (χ2v) is 5.28. The van der Waals surface area contributed by atoms with Gasteiger partial charge in [0.2, 0.25) is 11.8 Å². The molecule has 0 atom stereocenters. The molecule has 0 bridgehead atoms. The summed E-state index contributed by atoms with van der Waals surface area (Å²) in [4.78, 5) is 22.9. The Labute approximate surface area is 117 Å². The fourth-order valence-electron chi connectivity index (χ4n) is 1.96. The Morgan fingerprint density at radius 3 is 2.65 bits per heavy atom. The lowest BCUT2D eigenvalue weighted by Crippen LogP contribution is -2.59. The molecule has 6 heteroatoms. The Kier molecular flexibility index (Phi) is 4.06. The highest BCUT2D eigenvalue weighted by atomic mass is 16.5. The lowest BCUT2D eigenvalue weighted by atomic mass is 10.0. The minimum Gasteiger partial charge on any atom is -0.366 e. The quantitative estimate of drug-likeness (QED) is 0.726. The second kappa shape index (κ2) is 5.60. The average molecular weight is 277 g/mol. The summed E-state index contributed by atoms with van der Waals surface area (Å²) < 4.78 is 5.55. The second-order valence-electron chi connectivity index (χ2n) is 5.28. The van der Waals surface area contributed by atoms with Crippen LogP contribution in [0.4, 0.5) is 5.69 Å². The maximum absolute atomic E-state index is 11.8. The summed E-state index contributed by atoms with van der Waals surface area (Å²) >= 11 is 0. The number of amides is 2. The highest BCUT2D eigenvalue weighted by Gasteiger charge is 2.33. The molecule has 1 aromatic rings. The van der Waals surface area contributed by atoms with E-state index in [0.717, 1.165) is 18.7 Å². The first-order valence-electron chi connectivity index (χ1n) is 6.45. The molecule has 2 rings (SSSR count). The summed E-state index contributed by atoms with van der Waals surface area (Å²) in [7, 11) is 0. The van der Waals surface area contributed by atoms with Crippen molar-refractivity contribution in [2.45, 2.75) is 19.4 Å². The third kappa shape index (κ3) is 3.34. The molecule has 1 aliphatic rings. The standard InChI is InChI=1S/C14H19N3O3/c1-9-5-10(13(15)19)3-4-11(9)17-12(18)6-20-14(2)7-16-8-14/h3-5,16H,6-8H2,1-2H3,(H2,15,19)(H,17,18). The average Bonchev–Trinajstić information content (AvgIpc) is 2.36. The fourth-order valence-corrected chi connectivity index (χ4v) is 1.96. The maximum atomic E-state index is 11.8. The Morgan fingerprint density at radius 1 is 1.45 bits per heavy atom. The first-order chi connectivity index (χ1) is 9.39. The van der Waals surface area contributed by atoms with Gasteiger partial charge >= 0.3 is 0 Å². The third-order valence-electron chi connectivity index (χ3n) is 3.33. The normalized spacial score (nSPS) is 16.3. The van der Waals surface area contributed by atoms with Gasteiger partial charge in [-0.05, 0) is 37.6 Å². The van der Waals surface area contributed by atoms with Crippen LogP contribution in [-0.2, 0) is 9.53 Å².